The molecule has 0 aliphatic rings. The maximum absolute atomic E-state index is 13.9. The molecule has 2 N–H and O–H groups in total. The first-order valence-corrected chi connectivity index (χ1v) is 6.77. The van der Waals surface area contributed by atoms with Crippen molar-refractivity contribution in [1.82, 2.24) is 0 Å². The van der Waals surface area contributed by atoms with Crippen molar-refractivity contribution in [3.63, 3.8) is 0 Å². The van der Waals surface area contributed by atoms with E-state index in [0.29, 0.717) is 10.6 Å². The van der Waals surface area contributed by atoms with Gasteiger partial charge in [-0.3, -0.25) is 0 Å². The molecule has 108 valence electrons. The Labute approximate surface area is 127 Å². The van der Waals surface area contributed by atoms with Gasteiger partial charge in [-0.1, -0.05) is 29.8 Å². The molecule has 3 nitrogen and oxygen atoms in total. The lowest BCUT2D eigenvalue weighted by atomic mass is 10.0. The van der Waals surface area contributed by atoms with E-state index in [1.54, 1.807) is 25.1 Å². The van der Waals surface area contributed by atoms with Crippen molar-refractivity contribution in [3.8, 4) is 11.8 Å². The highest BCUT2D eigenvalue weighted by Gasteiger charge is 2.22. The van der Waals surface area contributed by atoms with E-state index in [2.05, 4.69) is 0 Å². The van der Waals surface area contributed by atoms with Gasteiger partial charge in [0.2, 0.25) is 0 Å². The van der Waals surface area contributed by atoms with Crippen molar-refractivity contribution in [2.75, 3.05) is 0 Å². The second kappa shape index (κ2) is 6.57. The Kier molecular flexibility index (Phi) is 4.79. The Morgan fingerprint density at radius 1 is 1.29 bits per heavy atom. The topological polar surface area (TPSA) is 59.0 Å². The molecule has 0 amide bonds. The zero-order valence-corrected chi connectivity index (χ0v) is 12.1. The van der Waals surface area contributed by atoms with Gasteiger partial charge >= 0.3 is 0 Å². The molecule has 0 aliphatic heterocycles. The molecule has 2 unspecified atom stereocenters. The van der Waals surface area contributed by atoms with Crippen LogP contribution in [-0.2, 0) is 0 Å². The molecule has 2 atom stereocenters. The van der Waals surface area contributed by atoms with Gasteiger partial charge in [0.15, 0.2) is 11.6 Å². The lowest BCUT2D eigenvalue weighted by Crippen LogP contribution is -2.29. The summed E-state index contributed by atoms with van der Waals surface area (Å²) < 4.78 is 19.6. The first-order valence-electron chi connectivity index (χ1n) is 6.39. The van der Waals surface area contributed by atoms with E-state index in [-0.39, 0.29) is 17.4 Å². The fourth-order valence-corrected chi connectivity index (χ4v) is 2.21. The second-order valence-corrected chi connectivity index (χ2v) is 5.08. The molecule has 0 fully saturated rings. The number of nitriles is 1. The smallest absolute Gasteiger partial charge is 0.166 e. The Morgan fingerprint density at radius 3 is 2.57 bits per heavy atom. The average Bonchev–Trinajstić information content (AvgIpc) is 2.46. The van der Waals surface area contributed by atoms with E-state index in [0.717, 1.165) is 6.07 Å². The summed E-state index contributed by atoms with van der Waals surface area (Å²) in [6, 6.07) is 12.6. The van der Waals surface area contributed by atoms with Crippen molar-refractivity contribution >= 4 is 11.6 Å². The molecule has 21 heavy (non-hydrogen) atoms. The number of hydrogen-bond donors (Lipinski definition) is 1. The molecule has 0 radical (unpaired) electrons. The van der Waals surface area contributed by atoms with Crippen LogP contribution < -0.4 is 10.5 Å². The van der Waals surface area contributed by atoms with Crippen LogP contribution in [0, 0.1) is 17.1 Å². The van der Waals surface area contributed by atoms with Crippen LogP contribution >= 0.6 is 11.6 Å². The Balaban J connectivity index is 2.34. The predicted octanol–water partition coefficient (Wildman–Crippen LogP) is 3.82. The van der Waals surface area contributed by atoms with Gasteiger partial charge in [-0.2, -0.15) is 5.26 Å². The molecule has 2 rings (SSSR count). The first kappa shape index (κ1) is 15.3. The Bertz CT molecular complexity index is 682. The van der Waals surface area contributed by atoms with Gasteiger partial charge < -0.3 is 10.5 Å². The van der Waals surface area contributed by atoms with E-state index in [4.69, 9.17) is 27.3 Å². The zero-order valence-electron chi connectivity index (χ0n) is 11.4. The molecule has 0 aliphatic carbocycles. The minimum atomic E-state index is -0.605. The molecule has 0 saturated carbocycles. The SMILES string of the molecule is CC(N)C(Oc1ccc(C#N)cc1F)c1ccccc1Cl. The van der Waals surface area contributed by atoms with E-state index >= 15 is 0 Å². The van der Waals surface area contributed by atoms with Gasteiger partial charge in [-0.15, -0.1) is 0 Å². The van der Waals surface area contributed by atoms with Crippen LogP contribution in [0.3, 0.4) is 0 Å². The van der Waals surface area contributed by atoms with Crippen molar-refractivity contribution in [2.24, 2.45) is 5.73 Å². The summed E-state index contributed by atoms with van der Waals surface area (Å²) in [5.74, 6) is -0.567. The quantitative estimate of drug-likeness (QED) is 0.934. The molecular weight excluding hydrogens is 291 g/mol. The molecule has 2 aromatic rings. The molecule has 0 spiro atoms. The van der Waals surface area contributed by atoms with Crippen molar-refractivity contribution in [2.45, 2.75) is 19.1 Å². The number of ether oxygens (including phenoxy) is 1. The number of nitrogens with two attached hydrogens (primary N) is 1. The minimum absolute atomic E-state index is 0.0382. The van der Waals surface area contributed by atoms with Gasteiger partial charge in [0.05, 0.1) is 11.6 Å². The fourth-order valence-electron chi connectivity index (χ4n) is 1.96. The van der Waals surface area contributed by atoms with Crippen molar-refractivity contribution in [1.29, 1.82) is 5.26 Å². The van der Waals surface area contributed by atoms with Crippen LogP contribution in [0.4, 0.5) is 4.39 Å². The van der Waals surface area contributed by atoms with E-state index < -0.39 is 11.9 Å². The highest BCUT2D eigenvalue weighted by Crippen LogP contribution is 2.30. The van der Waals surface area contributed by atoms with Crippen LogP contribution in [0.25, 0.3) is 0 Å². The van der Waals surface area contributed by atoms with Crippen LogP contribution in [-0.4, -0.2) is 6.04 Å². The third-order valence-electron chi connectivity index (χ3n) is 3.00. The summed E-state index contributed by atoms with van der Waals surface area (Å²) in [5.41, 5.74) is 6.86. The number of rotatable bonds is 4. The number of hydrogen-bond acceptors (Lipinski definition) is 3. The van der Waals surface area contributed by atoms with Crippen LogP contribution in [0.15, 0.2) is 42.5 Å². The lowest BCUT2D eigenvalue weighted by molar-refractivity contribution is 0.172. The summed E-state index contributed by atoms with van der Waals surface area (Å²) >= 11 is 6.14. The van der Waals surface area contributed by atoms with Gasteiger partial charge in [-0.05, 0) is 31.2 Å². The van der Waals surface area contributed by atoms with E-state index in [9.17, 15) is 4.39 Å². The number of nitrogens with zero attached hydrogens (tertiary/aromatic N) is 1. The monoisotopic (exact) mass is 304 g/mol. The normalized spacial score (nSPS) is 13.3. The van der Waals surface area contributed by atoms with Crippen molar-refractivity contribution in [3.05, 3.63) is 64.4 Å². The minimum Gasteiger partial charge on any atom is -0.481 e. The highest BCUT2D eigenvalue weighted by molar-refractivity contribution is 6.31. The standard InChI is InChI=1S/C16H14ClFN2O/c1-10(20)16(12-4-2-3-5-13(12)17)21-15-7-6-11(9-19)8-14(15)18/h2-8,10,16H,20H2,1H3. The fraction of sp³-hybridized carbons (Fsp3) is 0.188. The van der Waals surface area contributed by atoms with E-state index in [1.807, 2.05) is 12.1 Å². The van der Waals surface area contributed by atoms with Crippen LogP contribution in [0.5, 0.6) is 5.75 Å². The molecule has 0 heterocycles. The predicted molar refractivity (Wildman–Crippen MR) is 79.6 cm³/mol. The molecule has 5 heteroatoms. The molecule has 0 saturated heterocycles. The third kappa shape index (κ3) is 3.52. The van der Waals surface area contributed by atoms with Crippen molar-refractivity contribution < 1.29 is 9.13 Å². The van der Waals surface area contributed by atoms with E-state index in [1.165, 1.54) is 12.1 Å². The second-order valence-electron chi connectivity index (χ2n) is 4.68. The van der Waals surface area contributed by atoms with Crippen LogP contribution in [0.2, 0.25) is 5.02 Å². The Morgan fingerprint density at radius 2 is 2.00 bits per heavy atom. The maximum atomic E-state index is 13.9. The number of benzene rings is 2. The summed E-state index contributed by atoms with van der Waals surface area (Å²) in [6.45, 7) is 1.76. The molecular formula is C16H14ClFN2O. The molecule has 0 aromatic heterocycles. The summed E-state index contributed by atoms with van der Waals surface area (Å²) in [7, 11) is 0. The first-order chi connectivity index (χ1) is 10.0. The lowest BCUT2D eigenvalue weighted by Gasteiger charge is -2.24. The highest BCUT2D eigenvalue weighted by atomic mass is 35.5. The largest absolute Gasteiger partial charge is 0.481 e. The Hall–Kier alpha value is -2.09. The zero-order chi connectivity index (χ0) is 15.4. The van der Waals surface area contributed by atoms with Gasteiger partial charge in [0, 0.05) is 16.6 Å². The van der Waals surface area contributed by atoms with Crippen LogP contribution in [0.1, 0.15) is 24.2 Å². The van der Waals surface area contributed by atoms with Gasteiger partial charge in [-0.25, -0.2) is 4.39 Å². The average molecular weight is 305 g/mol. The number of halogens is 2. The van der Waals surface area contributed by atoms with Gasteiger partial charge in [0.25, 0.3) is 0 Å². The summed E-state index contributed by atoms with van der Waals surface area (Å²) in [4.78, 5) is 0. The summed E-state index contributed by atoms with van der Waals surface area (Å²) in [6.07, 6.45) is -0.582. The summed E-state index contributed by atoms with van der Waals surface area (Å²) in [5, 5.41) is 9.25. The maximum Gasteiger partial charge on any atom is 0.166 e. The molecule has 2 aromatic carbocycles. The van der Waals surface area contributed by atoms with Gasteiger partial charge in [0.1, 0.15) is 6.10 Å². The third-order valence-corrected chi connectivity index (χ3v) is 3.35. The molecule has 0 bridgehead atoms.